The molecular weight excluding hydrogens is 412 g/mol. The van der Waals surface area contributed by atoms with Crippen LogP contribution in [-0.4, -0.2) is 25.5 Å². The van der Waals surface area contributed by atoms with Crippen molar-refractivity contribution in [3.63, 3.8) is 0 Å². The lowest BCUT2D eigenvalue weighted by Gasteiger charge is -2.36. The van der Waals surface area contributed by atoms with Crippen LogP contribution < -0.4 is 15.4 Å². The third kappa shape index (κ3) is 6.51. The number of nitrogens with one attached hydrogen (secondary N) is 3. The first kappa shape index (κ1) is 23.2. The van der Waals surface area contributed by atoms with Gasteiger partial charge >= 0.3 is 6.03 Å². The van der Waals surface area contributed by atoms with E-state index in [2.05, 4.69) is 41.1 Å². The number of rotatable bonds is 7. The van der Waals surface area contributed by atoms with Crippen LogP contribution >= 0.6 is 0 Å². The Balaban J connectivity index is 1.53. The second kappa shape index (κ2) is 10.2. The van der Waals surface area contributed by atoms with Gasteiger partial charge in [0.05, 0.1) is 4.90 Å². The quantitative estimate of drug-likeness (QED) is 0.597. The molecule has 1 aromatic carbocycles. The van der Waals surface area contributed by atoms with Crippen LogP contribution in [0.5, 0.6) is 0 Å². The molecule has 0 bridgehead atoms. The minimum absolute atomic E-state index is 0.0361. The Morgan fingerprint density at radius 2 is 1.90 bits per heavy atom. The fraction of sp³-hybridized carbons (Fsp3) is 0.478. The molecule has 31 heavy (non-hydrogen) atoms. The van der Waals surface area contributed by atoms with Crippen molar-refractivity contribution in [1.82, 2.24) is 15.0 Å². The third-order valence-electron chi connectivity index (χ3n) is 6.01. The van der Waals surface area contributed by atoms with E-state index in [0.717, 1.165) is 24.8 Å². The molecule has 0 radical (unpaired) electrons. The highest BCUT2D eigenvalue weighted by Crippen LogP contribution is 2.35. The number of hydrogen-bond donors (Lipinski definition) is 3. The van der Waals surface area contributed by atoms with Crippen molar-refractivity contribution in [2.45, 2.75) is 57.5 Å². The second-order valence-electron chi connectivity index (χ2n) is 8.71. The zero-order valence-electron chi connectivity index (χ0n) is 18.3. The van der Waals surface area contributed by atoms with E-state index in [1.807, 2.05) is 6.07 Å². The first-order chi connectivity index (χ1) is 14.7. The Morgan fingerprint density at radius 1 is 1.16 bits per heavy atom. The van der Waals surface area contributed by atoms with E-state index < -0.39 is 10.0 Å². The molecule has 1 aromatic heterocycles. The average molecular weight is 445 g/mol. The van der Waals surface area contributed by atoms with Crippen molar-refractivity contribution in [3.05, 3.63) is 54.4 Å². The average Bonchev–Trinajstić information content (AvgIpc) is 2.73. The zero-order chi connectivity index (χ0) is 22.4. The molecule has 3 rings (SSSR count). The lowest BCUT2D eigenvalue weighted by Crippen LogP contribution is -2.41. The van der Waals surface area contributed by atoms with Crippen LogP contribution in [-0.2, 0) is 16.6 Å². The minimum Gasteiger partial charge on any atom is -0.334 e. The molecule has 7 nitrogen and oxygen atoms in total. The topological polar surface area (TPSA) is 100 Å². The molecule has 1 heterocycles. The highest BCUT2D eigenvalue weighted by atomic mass is 32.2. The van der Waals surface area contributed by atoms with E-state index >= 15 is 0 Å². The first-order valence-electron chi connectivity index (χ1n) is 10.8. The van der Waals surface area contributed by atoms with Crippen LogP contribution in [0.25, 0.3) is 0 Å². The van der Waals surface area contributed by atoms with Gasteiger partial charge in [0.1, 0.15) is 0 Å². The van der Waals surface area contributed by atoms with Gasteiger partial charge in [0.15, 0.2) is 0 Å². The Kier molecular flexibility index (Phi) is 7.67. The summed E-state index contributed by atoms with van der Waals surface area (Å²) in [7, 11) is -3.60. The van der Waals surface area contributed by atoms with Gasteiger partial charge in [-0.1, -0.05) is 26.8 Å². The summed E-state index contributed by atoms with van der Waals surface area (Å²) < 4.78 is 28.5. The lowest BCUT2D eigenvalue weighted by molar-refractivity contribution is 0.174. The molecule has 1 saturated carbocycles. The first-order valence-corrected chi connectivity index (χ1v) is 12.3. The zero-order valence-corrected chi connectivity index (χ0v) is 19.2. The third-order valence-corrected chi connectivity index (χ3v) is 7.55. The number of urea groups is 1. The van der Waals surface area contributed by atoms with E-state index in [0.29, 0.717) is 30.0 Å². The van der Waals surface area contributed by atoms with Gasteiger partial charge in [0.2, 0.25) is 10.0 Å². The monoisotopic (exact) mass is 444 g/mol. The van der Waals surface area contributed by atoms with Gasteiger partial charge in [-0.2, -0.15) is 0 Å². The maximum atomic E-state index is 12.8. The molecule has 3 atom stereocenters. The van der Waals surface area contributed by atoms with Gasteiger partial charge < -0.3 is 10.6 Å². The molecular formula is C23H32N4O3S. The summed E-state index contributed by atoms with van der Waals surface area (Å²) in [6.07, 6.45) is 6.12. The van der Waals surface area contributed by atoms with Crippen LogP contribution in [0.4, 0.5) is 10.5 Å². The van der Waals surface area contributed by atoms with Gasteiger partial charge in [0.25, 0.3) is 0 Å². The number of anilines is 1. The number of pyridine rings is 1. The highest BCUT2D eigenvalue weighted by molar-refractivity contribution is 7.89. The van der Waals surface area contributed by atoms with E-state index in [4.69, 9.17) is 0 Å². The Labute approximate surface area is 185 Å². The largest absolute Gasteiger partial charge is 0.334 e. The van der Waals surface area contributed by atoms with E-state index in [-0.39, 0.29) is 17.0 Å². The number of carbonyl (C=O) groups excluding carboxylic acids is 1. The van der Waals surface area contributed by atoms with Crippen LogP contribution in [0, 0.1) is 17.8 Å². The Bertz CT molecular complexity index is 962. The number of carbonyl (C=O) groups is 1. The fourth-order valence-electron chi connectivity index (χ4n) is 4.38. The van der Waals surface area contributed by atoms with E-state index in [1.165, 1.54) is 12.1 Å². The minimum atomic E-state index is -3.60. The van der Waals surface area contributed by atoms with Crippen LogP contribution in [0.2, 0.25) is 0 Å². The molecule has 0 saturated heterocycles. The molecule has 3 unspecified atom stereocenters. The van der Waals surface area contributed by atoms with Crippen LogP contribution in [0.15, 0.2) is 53.7 Å². The van der Waals surface area contributed by atoms with Gasteiger partial charge in [-0.15, -0.1) is 0 Å². The lowest BCUT2D eigenvalue weighted by atomic mass is 9.73. The molecule has 0 spiro atoms. The maximum Gasteiger partial charge on any atom is 0.319 e. The SMILES string of the molecule is CC(C)C1CCC(NS(=O)(=O)c2ccc(NC(=O)NCc3cccnc3)cc2)CC1C. The van der Waals surface area contributed by atoms with Crippen LogP contribution in [0.1, 0.15) is 45.6 Å². The number of amides is 2. The highest BCUT2D eigenvalue weighted by Gasteiger charge is 2.31. The smallest absolute Gasteiger partial charge is 0.319 e. The molecule has 0 aliphatic heterocycles. The van der Waals surface area contributed by atoms with Crippen molar-refractivity contribution >= 4 is 21.7 Å². The predicted octanol–water partition coefficient (Wildman–Crippen LogP) is 4.14. The second-order valence-corrected chi connectivity index (χ2v) is 10.4. The fourth-order valence-corrected chi connectivity index (χ4v) is 5.67. The van der Waals surface area contributed by atoms with Crippen molar-refractivity contribution in [3.8, 4) is 0 Å². The number of hydrogen-bond acceptors (Lipinski definition) is 4. The summed E-state index contributed by atoms with van der Waals surface area (Å²) in [5.41, 5.74) is 1.41. The summed E-state index contributed by atoms with van der Waals surface area (Å²) in [4.78, 5) is 16.3. The van der Waals surface area contributed by atoms with E-state index in [1.54, 1.807) is 30.6 Å². The molecule has 1 fully saturated rings. The van der Waals surface area contributed by atoms with Gasteiger partial charge in [-0.25, -0.2) is 17.9 Å². The van der Waals surface area contributed by atoms with E-state index in [9.17, 15) is 13.2 Å². The standard InChI is InChI=1S/C23H32N4O3S/c1-16(2)22-11-8-20(13-17(22)3)27-31(29,30)21-9-6-19(7-10-21)26-23(28)25-15-18-5-4-12-24-14-18/h4-7,9-10,12,14,16-17,20,22,27H,8,11,13,15H2,1-3H3,(H2,25,26,28). The number of aromatic nitrogens is 1. The molecule has 168 valence electrons. The summed E-state index contributed by atoms with van der Waals surface area (Å²) in [5.74, 6) is 1.77. The van der Waals surface area contributed by atoms with Gasteiger partial charge in [-0.05, 0) is 72.9 Å². The normalized spacial score (nSPS) is 21.6. The van der Waals surface area contributed by atoms with Crippen molar-refractivity contribution in [2.75, 3.05) is 5.32 Å². The molecule has 1 aliphatic rings. The van der Waals surface area contributed by atoms with Crippen molar-refractivity contribution in [2.24, 2.45) is 17.8 Å². The number of nitrogens with zero attached hydrogens (tertiary/aromatic N) is 1. The summed E-state index contributed by atoms with van der Waals surface area (Å²) >= 11 is 0. The predicted molar refractivity (Wildman–Crippen MR) is 122 cm³/mol. The molecule has 2 aromatic rings. The van der Waals surface area contributed by atoms with Gasteiger partial charge in [-0.3, -0.25) is 4.98 Å². The molecule has 2 amide bonds. The number of sulfonamides is 1. The summed E-state index contributed by atoms with van der Waals surface area (Å²) in [6, 6.07) is 9.49. The summed E-state index contributed by atoms with van der Waals surface area (Å²) in [6.45, 7) is 7.04. The Hall–Kier alpha value is -2.45. The maximum absolute atomic E-state index is 12.8. The van der Waals surface area contributed by atoms with Crippen molar-refractivity contribution < 1.29 is 13.2 Å². The van der Waals surface area contributed by atoms with Gasteiger partial charge in [0, 0.05) is 30.7 Å². The molecule has 1 aliphatic carbocycles. The Morgan fingerprint density at radius 3 is 2.52 bits per heavy atom. The number of benzene rings is 1. The molecule has 3 N–H and O–H groups in total. The summed E-state index contributed by atoms with van der Waals surface area (Å²) in [5, 5.41) is 5.45. The van der Waals surface area contributed by atoms with Crippen molar-refractivity contribution in [1.29, 1.82) is 0 Å². The molecule has 8 heteroatoms. The van der Waals surface area contributed by atoms with Crippen LogP contribution in [0.3, 0.4) is 0 Å².